The first kappa shape index (κ1) is 18.7. The highest BCUT2D eigenvalue weighted by atomic mass is 31.2. The van der Waals surface area contributed by atoms with Crippen LogP contribution < -0.4 is 5.32 Å². The topological polar surface area (TPSA) is 60.5 Å². The van der Waals surface area contributed by atoms with Crippen molar-refractivity contribution < 1.29 is 13.6 Å². The highest BCUT2D eigenvalue weighted by Gasteiger charge is 2.39. The second-order valence-corrected chi connectivity index (χ2v) is 8.04. The molecular formula is C18H25N2O3P. The molecule has 0 radical (unpaired) electrons. The van der Waals surface area contributed by atoms with E-state index in [-0.39, 0.29) is 12.2 Å². The van der Waals surface area contributed by atoms with Crippen LogP contribution in [-0.2, 0) is 13.6 Å². The van der Waals surface area contributed by atoms with Gasteiger partial charge in [-0.15, -0.1) is 0 Å². The maximum absolute atomic E-state index is 13.6. The van der Waals surface area contributed by atoms with Crippen molar-refractivity contribution >= 4 is 13.4 Å². The molecule has 0 saturated carbocycles. The second-order valence-electron chi connectivity index (χ2n) is 6.02. The predicted molar refractivity (Wildman–Crippen MR) is 97.1 cm³/mol. The molecule has 0 aliphatic heterocycles. The molecule has 1 heterocycles. The second kappa shape index (κ2) is 8.43. The molecule has 0 saturated heterocycles. The summed E-state index contributed by atoms with van der Waals surface area (Å²) >= 11 is 0. The summed E-state index contributed by atoms with van der Waals surface area (Å²) in [5.74, 6) is -0.0234. The summed E-state index contributed by atoms with van der Waals surface area (Å²) < 4.78 is 25.2. The number of benzene rings is 1. The molecule has 6 heteroatoms. The first-order valence-corrected chi connectivity index (χ1v) is 9.71. The normalized spacial score (nSPS) is 13.2. The van der Waals surface area contributed by atoms with Gasteiger partial charge in [0.2, 0.25) is 0 Å². The Morgan fingerprint density at radius 3 is 2.00 bits per heavy atom. The third-order valence-electron chi connectivity index (χ3n) is 3.10. The first-order valence-electron chi connectivity index (χ1n) is 8.10. The highest BCUT2D eigenvalue weighted by Crippen LogP contribution is 2.62. The Kier molecular flexibility index (Phi) is 6.55. The van der Waals surface area contributed by atoms with Crippen LogP contribution >= 0.6 is 7.60 Å². The number of hydrogen-bond donors (Lipinski definition) is 1. The smallest absolute Gasteiger partial charge is 0.353 e. The van der Waals surface area contributed by atoms with E-state index in [1.54, 1.807) is 6.20 Å². The Hall–Kier alpha value is -1.68. The minimum Gasteiger partial charge on any atom is -0.353 e. The lowest BCUT2D eigenvalue weighted by Gasteiger charge is -2.31. The van der Waals surface area contributed by atoms with E-state index in [2.05, 4.69) is 10.3 Å². The lowest BCUT2D eigenvalue weighted by molar-refractivity contribution is 0.138. The van der Waals surface area contributed by atoms with Crippen LogP contribution in [0.5, 0.6) is 0 Å². The van der Waals surface area contributed by atoms with Crippen molar-refractivity contribution in [2.45, 2.75) is 45.7 Å². The molecule has 0 bridgehead atoms. The average molecular weight is 348 g/mol. The summed E-state index contributed by atoms with van der Waals surface area (Å²) in [5.41, 5.74) is 0.827. The number of nitrogens with one attached hydrogen (secondary N) is 1. The van der Waals surface area contributed by atoms with Crippen LogP contribution in [0.2, 0.25) is 0 Å². The predicted octanol–water partition coefficient (Wildman–Crippen LogP) is 5.24. The van der Waals surface area contributed by atoms with Crippen molar-refractivity contribution in [3.8, 4) is 0 Å². The molecule has 1 unspecified atom stereocenters. The Bertz CT molecular complexity index is 648. The summed E-state index contributed by atoms with van der Waals surface area (Å²) in [5, 5.41) is 3.22. The first-order chi connectivity index (χ1) is 11.4. The zero-order valence-corrected chi connectivity index (χ0v) is 15.4. The van der Waals surface area contributed by atoms with Crippen LogP contribution in [0.15, 0.2) is 54.7 Å². The maximum Gasteiger partial charge on any atom is 0.357 e. The number of pyridine rings is 1. The van der Waals surface area contributed by atoms with E-state index >= 15 is 0 Å². The molecule has 130 valence electrons. The van der Waals surface area contributed by atoms with Gasteiger partial charge < -0.3 is 14.4 Å². The summed E-state index contributed by atoms with van der Waals surface area (Å²) in [6.45, 7) is 7.39. The van der Waals surface area contributed by atoms with Crippen LogP contribution in [-0.4, -0.2) is 17.2 Å². The monoisotopic (exact) mass is 348 g/mol. The summed E-state index contributed by atoms with van der Waals surface area (Å²) in [6.07, 6.45) is 1.22. The van der Waals surface area contributed by atoms with Gasteiger partial charge in [0.15, 0.2) is 5.78 Å². The Morgan fingerprint density at radius 2 is 1.50 bits per heavy atom. The fraction of sp³-hybridized carbons (Fsp3) is 0.389. The van der Waals surface area contributed by atoms with Gasteiger partial charge in [-0.25, -0.2) is 4.98 Å². The van der Waals surface area contributed by atoms with Crippen molar-refractivity contribution in [3.63, 3.8) is 0 Å². The third kappa shape index (κ3) is 5.17. The molecule has 0 amide bonds. The van der Waals surface area contributed by atoms with Crippen molar-refractivity contribution in [1.29, 1.82) is 0 Å². The third-order valence-corrected chi connectivity index (χ3v) is 5.59. The minimum absolute atomic E-state index is 0.230. The molecule has 0 fully saturated rings. The van der Waals surface area contributed by atoms with Gasteiger partial charge in [-0.1, -0.05) is 36.4 Å². The largest absolute Gasteiger partial charge is 0.357 e. The SMILES string of the molecule is CC(C)OP(=O)(OC(C)C)C(Nc1ccccn1)c1ccccc1. The molecule has 24 heavy (non-hydrogen) atoms. The number of anilines is 1. The fourth-order valence-electron chi connectivity index (χ4n) is 2.30. The number of rotatable bonds is 8. The lowest BCUT2D eigenvalue weighted by Crippen LogP contribution is -2.19. The van der Waals surface area contributed by atoms with Gasteiger partial charge in [0.1, 0.15) is 5.82 Å². The van der Waals surface area contributed by atoms with E-state index in [9.17, 15) is 4.57 Å². The van der Waals surface area contributed by atoms with Crippen LogP contribution in [0.25, 0.3) is 0 Å². The number of hydrogen-bond acceptors (Lipinski definition) is 5. The van der Waals surface area contributed by atoms with Gasteiger partial charge in [-0.3, -0.25) is 4.57 Å². The van der Waals surface area contributed by atoms with Crippen LogP contribution in [0, 0.1) is 0 Å². The molecule has 0 spiro atoms. The van der Waals surface area contributed by atoms with Gasteiger partial charge in [-0.05, 0) is 45.4 Å². The van der Waals surface area contributed by atoms with Gasteiger partial charge in [0.25, 0.3) is 0 Å². The summed E-state index contributed by atoms with van der Waals surface area (Å²) in [7, 11) is -3.48. The van der Waals surface area contributed by atoms with E-state index in [1.807, 2.05) is 76.2 Å². The molecule has 5 nitrogen and oxygen atoms in total. The quantitative estimate of drug-likeness (QED) is 0.662. The molecule has 2 rings (SSSR count). The Labute approximate surface area is 144 Å². The average Bonchev–Trinajstić information content (AvgIpc) is 2.52. The maximum atomic E-state index is 13.6. The Balaban J connectivity index is 2.43. The molecule has 2 aromatic rings. The summed E-state index contributed by atoms with van der Waals surface area (Å²) in [4.78, 5) is 4.27. The van der Waals surface area contributed by atoms with Crippen LogP contribution in [0.3, 0.4) is 0 Å². The molecule has 0 aliphatic rings. The van der Waals surface area contributed by atoms with E-state index in [4.69, 9.17) is 9.05 Å². The van der Waals surface area contributed by atoms with Gasteiger partial charge >= 0.3 is 7.60 Å². The van der Waals surface area contributed by atoms with E-state index in [0.29, 0.717) is 5.82 Å². The van der Waals surface area contributed by atoms with E-state index in [0.717, 1.165) is 5.56 Å². The molecule has 0 aliphatic carbocycles. The van der Waals surface area contributed by atoms with Gasteiger partial charge in [-0.2, -0.15) is 0 Å². The standard InChI is InChI=1S/C18H25N2O3P/c1-14(2)22-24(21,23-15(3)4)18(16-10-6-5-7-11-16)20-17-12-8-9-13-19-17/h5-15,18H,1-4H3,(H,19,20). The Morgan fingerprint density at radius 1 is 0.917 bits per heavy atom. The van der Waals surface area contributed by atoms with Gasteiger partial charge in [0.05, 0.1) is 12.2 Å². The van der Waals surface area contributed by atoms with Crippen molar-refractivity contribution in [2.75, 3.05) is 5.32 Å². The number of aromatic nitrogens is 1. The molecule has 1 atom stereocenters. The molecular weight excluding hydrogens is 323 g/mol. The van der Waals surface area contributed by atoms with Crippen LogP contribution in [0.4, 0.5) is 5.82 Å². The summed E-state index contributed by atoms with van der Waals surface area (Å²) in [6, 6.07) is 15.0. The molecule has 1 aromatic carbocycles. The van der Waals surface area contributed by atoms with Crippen molar-refractivity contribution in [3.05, 3.63) is 60.3 Å². The van der Waals surface area contributed by atoms with E-state index in [1.165, 1.54) is 0 Å². The zero-order chi connectivity index (χ0) is 17.6. The molecule has 1 aromatic heterocycles. The van der Waals surface area contributed by atoms with Gasteiger partial charge in [0, 0.05) is 6.20 Å². The molecule has 1 N–H and O–H groups in total. The van der Waals surface area contributed by atoms with E-state index < -0.39 is 13.4 Å². The fourth-order valence-corrected chi connectivity index (χ4v) is 4.60. The van der Waals surface area contributed by atoms with Crippen molar-refractivity contribution in [2.24, 2.45) is 0 Å². The minimum atomic E-state index is -3.48. The van der Waals surface area contributed by atoms with Crippen molar-refractivity contribution in [1.82, 2.24) is 4.98 Å². The van der Waals surface area contributed by atoms with Crippen LogP contribution in [0.1, 0.15) is 39.0 Å². The lowest BCUT2D eigenvalue weighted by atomic mass is 10.2. The zero-order valence-electron chi connectivity index (χ0n) is 14.5. The highest BCUT2D eigenvalue weighted by molar-refractivity contribution is 7.54. The number of nitrogens with zero attached hydrogens (tertiary/aromatic N) is 1.